The minimum Gasteiger partial charge on any atom is -0.491 e. The van der Waals surface area contributed by atoms with Gasteiger partial charge in [0.05, 0.1) is 19.0 Å². The Morgan fingerprint density at radius 3 is 2.43 bits per heavy atom. The Hall–Kier alpha value is -3.68. The van der Waals surface area contributed by atoms with Crippen molar-refractivity contribution in [3.05, 3.63) is 75.8 Å². The number of carbonyl (C=O) groups excluding carboxylic acids is 2. The Bertz CT molecular complexity index is 1110. The third kappa shape index (κ3) is 3.71. The van der Waals surface area contributed by atoms with Crippen molar-refractivity contribution in [1.82, 2.24) is 15.4 Å². The number of aromatic nitrogens is 1. The number of benzene rings is 2. The standard InChI is InChI=1S/C20H18FN3O4/c1-24-15-6-4-3-5-14(15)18(26)19(28-2)17(24)20(27)23-22-16(25)11-12-7-9-13(21)10-8-12/h3-10H,11H2,1-2H3,(H,22,25)(H,23,27). The van der Waals surface area contributed by atoms with Crippen molar-refractivity contribution in [2.75, 3.05) is 7.11 Å². The maximum atomic E-state index is 12.9. The number of amides is 2. The van der Waals surface area contributed by atoms with E-state index in [4.69, 9.17) is 4.74 Å². The molecule has 0 atom stereocenters. The average Bonchev–Trinajstić information content (AvgIpc) is 2.70. The SMILES string of the molecule is COc1c(C(=O)NNC(=O)Cc2ccc(F)cc2)n(C)c2ccccc2c1=O. The number of carbonyl (C=O) groups is 2. The van der Waals surface area contributed by atoms with Crippen molar-refractivity contribution in [2.45, 2.75) is 6.42 Å². The van der Waals surface area contributed by atoms with E-state index in [2.05, 4.69) is 10.9 Å². The molecule has 0 bridgehead atoms. The van der Waals surface area contributed by atoms with Crippen LogP contribution in [0.1, 0.15) is 16.1 Å². The lowest BCUT2D eigenvalue weighted by atomic mass is 10.1. The molecule has 0 saturated carbocycles. The summed E-state index contributed by atoms with van der Waals surface area (Å²) in [6.07, 6.45) is -0.0473. The first-order chi connectivity index (χ1) is 13.4. The number of nitrogens with zero attached hydrogens (tertiary/aromatic N) is 1. The summed E-state index contributed by atoms with van der Waals surface area (Å²) in [4.78, 5) is 37.3. The van der Waals surface area contributed by atoms with Gasteiger partial charge in [0.1, 0.15) is 5.82 Å². The van der Waals surface area contributed by atoms with Gasteiger partial charge < -0.3 is 9.30 Å². The zero-order valence-electron chi connectivity index (χ0n) is 15.3. The third-order valence-corrected chi connectivity index (χ3v) is 4.28. The topological polar surface area (TPSA) is 89.4 Å². The normalized spacial score (nSPS) is 10.5. The van der Waals surface area contributed by atoms with Gasteiger partial charge >= 0.3 is 0 Å². The summed E-state index contributed by atoms with van der Waals surface area (Å²) in [6.45, 7) is 0. The molecule has 0 saturated heterocycles. The summed E-state index contributed by atoms with van der Waals surface area (Å²) in [5.74, 6) is -1.72. The van der Waals surface area contributed by atoms with Gasteiger partial charge in [0, 0.05) is 12.4 Å². The number of fused-ring (bicyclic) bond motifs is 1. The molecule has 3 rings (SSSR count). The van der Waals surface area contributed by atoms with Crippen LogP contribution in [0.2, 0.25) is 0 Å². The highest BCUT2D eigenvalue weighted by atomic mass is 19.1. The lowest BCUT2D eigenvalue weighted by molar-refractivity contribution is -0.121. The number of methoxy groups -OCH3 is 1. The van der Waals surface area contributed by atoms with Gasteiger partial charge in [-0.25, -0.2) is 4.39 Å². The highest BCUT2D eigenvalue weighted by molar-refractivity contribution is 5.99. The fraction of sp³-hybridized carbons (Fsp3) is 0.150. The molecule has 0 aliphatic heterocycles. The number of hydrogen-bond donors (Lipinski definition) is 2. The van der Waals surface area contributed by atoms with E-state index in [1.807, 2.05) is 0 Å². The molecule has 0 aliphatic rings. The van der Waals surface area contributed by atoms with Gasteiger partial charge in [-0.1, -0.05) is 24.3 Å². The van der Waals surface area contributed by atoms with Crippen LogP contribution >= 0.6 is 0 Å². The molecule has 0 unspecified atom stereocenters. The molecular formula is C20H18FN3O4. The summed E-state index contributed by atoms with van der Waals surface area (Å²) >= 11 is 0. The van der Waals surface area contributed by atoms with Crippen molar-refractivity contribution in [1.29, 1.82) is 0 Å². The van der Waals surface area contributed by atoms with E-state index >= 15 is 0 Å². The number of pyridine rings is 1. The highest BCUT2D eigenvalue weighted by Gasteiger charge is 2.22. The molecule has 2 aromatic carbocycles. The Morgan fingerprint density at radius 1 is 1.07 bits per heavy atom. The number of ether oxygens (including phenoxy) is 1. The van der Waals surface area contributed by atoms with Crippen LogP contribution in [0.3, 0.4) is 0 Å². The van der Waals surface area contributed by atoms with Gasteiger partial charge in [-0.05, 0) is 29.8 Å². The molecule has 28 heavy (non-hydrogen) atoms. The van der Waals surface area contributed by atoms with Crippen LogP contribution in [0, 0.1) is 5.82 Å². The van der Waals surface area contributed by atoms with Gasteiger partial charge in [-0.2, -0.15) is 0 Å². The third-order valence-electron chi connectivity index (χ3n) is 4.28. The predicted molar refractivity (Wildman–Crippen MR) is 101 cm³/mol. The molecule has 8 heteroatoms. The summed E-state index contributed by atoms with van der Waals surface area (Å²) in [7, 11) is 2.93. The van der Waals surface area contributed by atoms with Gasteiger partial charge in [0.15, 0.2) is 11.4 Å². The molecule has 0 fully saturated rings. The van der Waals surface area contributed by atoms with E-state index in [0.717, 1.165) is 0 Å². The van der Waals surface area contributed by atoms with Gasteiger partial charge in [-0.3, -0.25) is 25.2 Å². The molecule has 7 nitrogen and oxygen atoms in total. The number of halogens is 1. The second-order valence-electron chi connectivity index (χ2n) is 6.09. The molecular weight excluding hydrogens is 365 g/mol. The second kappa shape index (κ2) is 7.91. The summed E-state index contributed by atoms with van der Waals surface area (Å²) < 4.78 is 19.6. The molecule has 0 spiro atoms. The Labute approximate surface area is 159 Å². The van der Waals surface area contributed by atoms with E-state index in [1.165, 1.54) is 35.9 Å². The predicted octanol–water partition coefficient (Wildman–Crippen LogP) is 1.69. The zero-order chi connectivity index (χ0) is 20.3. The van der Waals surface area contributed by atoms with Crippen molar-refractivity contribution >= 4 is 22.7 Å². The van der Waals surface area contributed by atoms with Crippen molar-refractivity contribution in [2.24, 2.45) is 7.05 Å². The second-order valence-corrected chi connectivity index (χ2v) is 6.09. The maximum Gasteiger partial charge on any atom is 0.290 e. The number of hydrazine groups is 1. The monoisotopic (exact) mass is 383 g/mol. The number of para-hydroxylation sites is 1. The lowest BCUT2D eigenvalue weighted by Gasteiger charge is -2.16. The molecule has 144 valence electrons. The summed E-state index contributed by atoms with van der Waals surface area (Å²) in [5, 5.41) is 0.416. The molecule has 1 aromatic heterocycles. The quantitative estimate of drug-likeness (QED) is 0.671. The minimum absolute atomic E-state index is 0.0201. The van der Waals surface area contributed by atoms with Crippen molar-refractivity contribution < 1.29 is 18.7 Å². The van der Waals surface area contributed by atoms with E-state index in [1.54, 1.807) is 31.3 Å². The van der Waals surface area contributed by atoms with E-state index in [-0.39, 0.29) is 17.9 Å². The van der Waals surface area contributed by atoms with Gasteiger partial charge in [0.25, 0.3) is 5.91 Å². The number of nitrogens with one attached hydrogen (secondary N) is 2. The Kier molecular flexibility index (Phi) is 5.39. The molecule has 0 radical (unpaired) electrons. The first-order valence-corrected chi connectivity index (χ1v) is 8.41. The Morgan fingerprint density at radius 2 is 1.75 bits per heavy atom. The summed E-state index contributed by atoms with van der Waals surface area (Å²) in [6, 6.07) is 12.3. The van der Waals surface area contributed by atoms with Crippen LogP contribution in [-0.4, -0.2) is 23.5 Å². The largest absolute Gasteiger partial charge is 0.491 e. The molecule has 3 aromatic rings. The fourth-order valence-corrected chi connectivity index (χ4v) is 2.92. The zero-order valence-corrected chi connectivity index (χ0v) is 15.3. The summed E-state index contributed by atoms with van der Waals surface area (Å²) in [5.41, 5.74) is 5.27. The average molecular weight is 383 g/mol. The lowest BCUT2D eigenvalue weighted by Crippen LogP contribution is -2.43. The molecule has 2 amide bonds. The van der Waals surface area contributed by atoms with Crippen molar-refractivity contribution in [3.8, 4) is 5.75 Å². The first-order valence-electron chi connectivity index (χ1n) is 8.41. The first kappa shape index (κ1) is 19.1. The van der Waals surface area contributed by atoms with Crippen LogP contribution in [0.25, 0.3) is 10.9 Å². The fourth-order valence-electron chi connectivity index (χ4n) is 2.92. The Balaban J connectivity index is 1.81. The van der Waals surface area contributed by atoms with Crippen LogP contribution in [0.4, 0.5) is 4.39 Å². The number of hydrogen-bond acceptors (Lipinski definition) is 4. The number of aryl methyl sites for hydroxylation is 1. The van der Waals surface area contributed by atoms with Gasteiger partial charge in [0.2, 0.25) is 11.3 Å². The molecule has 0 aliphatic carbocycles. The van der Waals surface area contributed by atoms with E-state index < -0.39 is 23.1 Å². The highest BCUT2D eigenvalue weighted by Crippen LogP contribution is 2.19. The number of rotatable bonds is 4. The molecule has 1 heterocycles. The maximum absolute atomic E-state index is 12.9. The van der Waals surface area contributed by atoms with Crippen molar-refractivity contribution in [3.63, 3.8) is 0 Å². The van der Waals surface area contributed by atoms with Gasteiger partial charge in [-0.15, -0.1) is 0 Å². The van der Waals surface area contributed by atoms with Crippen LogP contribution in [0.15, 0.2) is 53.3 Å². The van der Waals surface area contributed by atoms with Crippen LogP contribution in [0.5, 0.6) is 5.75 Å². The van der Waals surface area contributed by atoms with E-state index in [0.29, 0.717) is 16.5 Å². The van der Waals surface area contributed by atoms with Crippen LogP contribution < -0.4 is 21.0 Å². The van der Waals surface area contributed by atoms with E-state index in [9.17, 15) is 18.8 Å². The van der Waals surface area contributed by atoms with Crippen LogP contribution in [-0.2, 0) is 18.3 Å². The minimum atomic E-state index is -0.699. The smallest absolute Gasteiger partial charge is 0.290 e. The molecule has 2 N–H and O–H groups in total.